The number of carbonyl (C=O) groups is 1. The van der Waals surface area contributed by atoms with Gasteiger partial charge in [-0.05, 0) is 80.0 Å². The van der Waals surface area contributed by atoms with Gasteiger partial charge in [-0.25, -0.2) is 4.98 Å². The Morgan fingerprint density at radius 3 is 2.86 bits per heavy atom. The van der Waals surface area contributed by atoms with Gasteiger partial charge in [0.25, 0.3) is 5.56 Å². The molecule has 0 bridgehead atoms. The SMILES string of the molecule is COc1ccc(Cl)cc1NC(=O)CSc1nc2sc3c(c2c(=O)n1-c1cc(C)ccc1C)CCC(C)C3. The summed E-state index contributed by atoms with van der Waals surface area (Å²) in [6, 6.07) is 11.1. The highest BCUT2D eigenvalue weighted by Gasteiger charge is 2.26. The maximum absolute atomic E-state index is 14.1. The number of amides is 1. The number of thiophene rings is 1. The van der Waals surface area contributed by atoms with Gasteiger partial charge in [-0.3, -0.25) is 14.2 Å². The van der Waals surface area contributed by atoms with E-state index in [1.54, 1.807) is 34.1 Å². The number of nitrogens with one attached hydrogen (secondary N) is 1. The van der Waals surface area contributed by atoms with Crippen LogP contribution in [0, 0.1) is 19.8 Å². The van der Waals surface area contributed by atoms with Gasteiger partial charge in [-0.15, -0.1) is 11.3 Å². The summed E-state index contributed by atoms with van der Waals surface area (Å²) in [7, 11) is 1.54. The molecule has 1 aliphatic carbocycles. The van der Waals surface area contributed by atoms with E-state index < -0.39 is 0 Å². The van der Waals surface area contributed by atoms with Crippen molar-refractivity contribution in [3.05, 3.63) is 73.3 Å². The lowest BCUT2D eigenvalue weighted by atomic mass is 9.89. The minimum Gasteiger partial charge on any atom is -0.495 e. The largest absolute Gasteiger partial charge is 0.495 e. The fourth-order valence-corrected chi connectivity index (χ4v) is 7.14. The normalized spacial score (nSPS) is 15.0. The van der Waals surface area contributed by atoms with Crippen molar-refractivity contribution < 1.29 is 9.53 Å². The number of methoxy groups -OCH3 is 1. The molecule has 37 heavy (non-hydrogen) atoms. The Balaban J connectivity index is 1.55. The summed E-state index contributed by atoms with van der Waals surface area (Å²) in [4.78, 5) is 34.0. The molecule has 0 fully saturated rings. The molecule has 192 valence electrons. The van der Waals surface area contributed by atoms with E-state index in [-0.39, 0.29) is 17.2 Å². The lowest BCUT2D eigenvalue weighted by Crippen LogP contribution is -2.24. The molecule has 5 rings (SSSR count). The number of anilines is 1. The van der Waals surface area contributed by atoms with Gasteiger partial charge in [0.15, 0.2) is 5.16 Å². The van der Waals surface area contributed by atoms with Crippen LogP contribution >= 0.6 is 34.7 Å². The number of aromatic nitrogens is 2. The molecule has 1 atom stereocenters. The van der Waals surface area contributed by atoms with Crippen LogP contribution in [0.15, 0.2) is 46.3 Å². The van der Waals surface area contributed by atoms with Crippen LogP contribution in [-0.2, 0) is 17.6 Å². The number of halogens is 1. The van der Waals surface area contributed by atoms with Crippen LogP contribution in [0.4, 0.5) is 5.69 Å². The second-order valence-electron chi connectivity index (χ2n) is 9.54. The number of thioether (sulfide) groups is 1. The molecule has 9 heteroatoms. The van der Waals surface area contributed by atoms with Crippen LogP contribution in [0.3, 0.4) is 0 Å². The summed E-state index contributed by atoms with van der Waals surface area (Å²) >= 11 is 8.98. The van der Waals surface area contributed by atoms with Crippen LogP contribution in [0.5, 0.6) is 5.75 Å². The predicted octanol–water partition coefficient (Wildman–Crippen LogP) is 6.58. The third-order valence-corrected chi connectivity index (χ3v) is 8.99. The van der Waals surface area contributed by atoms with Gasteiger partial charge in [-0.1, -0.05) is 42.4 Å². The molecule has 2 aromatic carbocycles. The van der Waals surface area contributed by atoms with E-state index in [0.29, 0.717) is 27.5 Å². The zero-order valence-corrected chi connectivity index (χ0v) is 23.6. The highest BCUT2D eigenvalue weighted by molar-refractivity contribution is 7.99. The number of aryl methyl sites for hydroxylation is 3. The predicted molar refractivity (Wildman–Crippen MR) is 153 cm³/mol. The Kier molecular flexibility index (Phi) is 7.34. The first-order valence-corrected chi connectivity index (χ1v) is 14.3. The molecular weight excluding hydrogens is 526 g/mol. The molecule has 4 aromatic rings. The number of hydrogen-bond donors (Lipinski definition) is 1. The van der Waals surface area contributed by atoms with Crippen molar-refractivity contribution in [1.29, 1.82) is 0 Å². The average Bonchev–Trinajstić information content (AvgIpc) is 3.22. The van der Waals surface area contributed by atoms with Crippen LogP contribution in [0.2, 0.25) is 5.02 Å². The maximum atomic E-state index is 14.1. The Morgan fingerprint density at radius 1 is 1.27 bits per heavy atom. The van der Waals surface area contributed by atoms with E-state index in [2.05, 4.69) is 12.2 Å². The van der Waals surface area contributed by atoms with E-state index in [0.717, 1.165) is 51.9 Å². The van der Waals surface area contributed by atoms with Crippen LogP contribution < -0.4 is 15.6 Å². The van der Waals surface area contributed by atoms with E-state index >= 15 is 0 Å². The topological polar surface area (TPSA) is 73.2 Å². The quantitative estimate of drug-likeness (QED) is 0.215. The summed E-state index contributed by atoms with van der Waals surface area (Å²) in [5.74, 6) is 0.947. The molecule has 0 saturated carbocycles. The maximum Gasteiger partial charge on any atom is 0.267 e. The average molecular weight is 554 g/mol. The van der Waals surface area contributed by atoms with E-state index in [1.165, 1.54) is 23.7 Å². The third-order valence-electron chi connectivity index (χ3n) is 6.67. The highest BCUT2D eigenvalue weighted by atomic mass is 35.5. The Labute approximate surface area is 229 Å². The Hall–Kier alpha value is -2.81. The van der Waals surface area contributed by atoms with Crippen molar-refractivity contribution in [2.75, 3.05) is 18.2 Å². The summed E-state index contributed by atoms with van der Waals surface area (Å²) in [6.07, 6.45) is 2.95. The number of nitrogens with zero attached hydrogens (tertiary/aromatic N) is 2. The molecule has 1 unspecified atom stereocenters. The summed E-state index contributed by atoms with van der Waals surface area (Å²) < 4.78 is 7.03. The van der Waals surface area contributed by atoms with Crippen molar-refractivity contribution in [1.82, 2.24) is 9.55 Å². The molecule has 0 spiro atoms. The summed E-state index contributed by atoms with van der Waals surface area (Å²) in [6.45, 7) is 6.25. The molecule has 1 amide bonds. The first kappa shape index (κ1) is 25.8. The van der Waals surface area contributed by atoms with E-state index in [1.807, 2.05) is 32.0 Å². The van der Waals surface area contributed by atoms with Gasteiger partial charge in [0.2, 0.25) is 5.91 Å². The fourth-order valence-electron chi connectivity index (χ4n) is 4.74. The van der Waals surface area contributed by atoms with Gasteiger partial charge in [0.1, 0.15) is 10.6 Å². The van der Waals surface area contributed by atoms with Crippen molar-refractivity contribution in [3.63, 3.8) is 0 Å². The minimum atomic E-state index is -0.244. The fraction of sp³-hybridized carbons (Fsp3) is 0.321. The molecule has 2 heterocycles. The molecule has 1 N–H and O–H groups in total. The Bertz CT molecular complexity index is 1580. The standard InChI is InChI=1S/C28H28ClN3O3S2/c1-15-5-7-17(3)21(11-15)32-27(34)25-19-9-6-16(2)12-23(19)37-26(25)31-28(32)36-14-24(33)30-20-13-18(29)8-10-22(20)35-4/h5,7-8,10-11,13,16H,6,9,12,14H2,1-4H3,(H,30,33). The lowest BCUT2D eigenvalue weighted by Gasteiger charge is -2.18. The number of benzene rings is 2. The third kappa shape index (κ3) is 5.15. The van der Waals surface area contributed by atoms with Crippen LogP contribution in [0.1, 0.15) is 34.9 Å². The zero-order chi connectivity index (χ0) is 26.3. The molecule has 2 aromatic heterocycles. The van der Waals surface area contributed by atoms with Gasteiger partial charge >= 0.3 is 0 Å². The molecule has 0 radical (unpaired) electrons. The number of ether oxygens (including phenoxy) is 1. The number of carbonyl (C=O) groups excluding carboxylic acids is 1. The summed E-state index contributed by atoms with van der Waals surface area (Å²) in [5.41, 5.74) is 4.40. The molecular formula is C28H28ClN3O3S2. The first-order chi connectivity index (χ1) is 17.7. The van der Waals surface area contributed by atoms with E-state index in [4.69, 9.17) is 21.3 Å². The van der Waals surface area contributed by atoms with Crippen LogP contribution in [0.25, 0.3) is 15.9 Å². The van der Waals surface area contributed by atoms with Gasteiger partial charge < -0.3 is 10.1 Å². The molecule has 0 saturated heterocycles. The zero-order valence-electron chi connectivity index (χ0n) is 21.2. The van der Waals surface area contributed by atoms with Gasteiger partial charge in [0.05, 0.1) is 29.6 Å². The van der Waals surface area contributed by atoms with Crippen LogP contribution in [-0.4, -0.2) is 28.3 Å². The number of hydrogen-bond acceptors (Lipinski definition) is 6. The van der Waals surface area contributed by atoms with Gasteiger partial charge in [0, 0.05) is 9.90 Å². The van der Waals surface area contributed by atoms with Gasteiger partial charge in [-0.2, -0.15) is 0 Å². The van der Waals surface area contributed by atoms with Crippen molar-refractivity contribution in [3.8, 4) is 11.4 Å². The first-order valence-electron chi connectivity index (χ1n) is 12.2. The number of rotatable bonds is 6. The highest BCUT2D eigenvalue weighted by Crippen LogP contribution is 2.37. The second kappa shape index (κ2) is 10.5. The monoisotopic (exact) mass is 553 g/mol. The Morgan fingerprint density at radius 2 is 2.08 bits per heavy atom. The van der Waals surface area contributed by atoms with Crippen molar-refractivity contribution >= 4 is 56.5 Å². The smallest absolute Gasteiger partial charge is 0.267 e. The molecule has 6 nitrogen and oxygen atoms in total. The van der Waals surface area contributed by atoms with Crippen molar-refractivity contribution in [2.24, 2.45) is 5.92 Å². The minimum absolute atomic E-state index is 0.0647. The molecule has 1 aliphatic rings. The number of fused-ring (bicyclic) bond motifs is 3. The molecule has 0 aliphatic heterocycles. The van der Waals surface area contributed by atoms with Crippen molar-refractivity contribution in [2.45, 2.75) is 45.2 Å². The second-order valence-corrected chi connectivity index (χ2v) is 12.0. The summed E-state index contributed by atoms with van der Waals surface area (Å²) in [5, 5.41) is 4.60. The van der Waals surface area contributed by atoms with E-state index in [9.17, 15) is 9.59 Å². The lowest BCUT2D eigenvalue weighted by molar-refractivity contribution is -0.113.